The molecule has 27 heavy (non-hydrogen) atoms. The van der Waals surface area contributed by atoms with Gasteiger partial charge in [-0.05, 0) is 81.2 Å². The second-order valence-electron chi connectivity index (χ2n) is 6.94. The van der Waals surface area contributed by atoms with Crippen LogP contribution in [-0.2, 0) is 6.42 Å². The Balaban J connectivity index is 1.33. The molecular formula is C22H29N3OS. The molecule has 0 radical (unpaired) electrons. The van der Waals surface area contributed by atoms with Gasteiger partial charge in [0.2, 0.25) is 0 Å². The van der Waals surface area contributed by atoms with E-state index in [1.165, 1.54) is 21.4 Å². The smallest absolute Gasteiger partial charge is 0.119 e. The number of H-pyrrole nitrogens is 1. The predicted molar refractivity (Wildman–Crippen MR) is 116 cm³/mol. The topological polar surface area (TPSA) is 40.3 Å². The molecule has 0 aliphatic carbocycles. The predicted octanol–water partition coefficient (Wildman–Crippen LogP) is 4.73. The molecule has 2 N–H and O–H groups in total. The Morgan fingerprint density at radius 2 is 1.85 bits per heavy atom. The number of hydrogen-bond acceptors (Lipinski definition) is 4. The van der Waals surface area contributed by atoms with Crippen LogP contribution in [0.3, 0.4) is 0 Å². The van der Waals surface area contributed by atoms with Crippen molar-refractivity contribution in [2.45, 2.75) is 24.2 Å². The first kappa shape index (κ1) is 19.8. The second kappa shape index (κ2) is 10.4. The lowest BCUT2D eigenvalue weighted by Crippen LogP contribution is -2.15. The van der Waals surface area contributed by atoms with Crippen LogP contribution in [0.25, 0.3) is 10.9 Å². The average Bonchev–Trinajstić information content (AvgIpc) is 3.09. The van der Waals surface area contributed by atoms with E-state index in [1.807, 2.05) is 12.1 Å². The number of aromatic nitrogens is 1. The molecule has 0 unspecified atom stereocenters. The van der Waals surface area contributed by atoms with Crippen LogP contribution in [-0.4, -0.2) is 43.7 Å². The molecule has 0 saturated heterocycles. The fourth-order valence-corrected chi connectivity index (χ4v) is 3.68. The van der Waals surface area contributed by atoms with Gasteiger partial charge in [0.15, 0.2) is 0 Å². The first-order valence-electron chi connectivity index (χ1n) is 9.54. The van der Waals surface area contributed by atoms with E-state index in [1.54, 1.807) is 11.9 Å². The van der Waals surface area contributed by atoms with Crippen LogP contribution in [0, 0.1) is 0 Å². The van der Waals surface area contributed by atoms with E-state index in [2.05, 4.69) is 71.3 Å². The van der Waals surface area contributed by atoms with E-state index in [0.29, 0.717) is 0 Å². The fraction of sp³-hybridized carbons (Fsp3) is 0.364. The molecule has 0 saturated carbocycles. The summed E-state index contributed by atoms with van der Waals surface area (Å²) in [4.78, 5) is 6.73. The number of nitrogens with zero attached hydrogens (tertiary/aromatic N) is 1. The zero-order valence-electron chi connectivity index (χ0n) is 16.2. The zero-order valence-corrected chi connectivity index (χ0v) is 17.0. The van der Waals surface area contributed by atoms with Crippen molar-refractivity contribution in [2.75, 3.05) is 33.8 Å². The van der Waals surface area contributed by atoms with E-state index < -0.39 is 0 Å². The first-order chi connectivity index (χ1) is 13.2. The van der Waals surface area contributed by atoms with E-state index in [0.717, 1.165) is 44.7 Å². The van der Waals surface area contributed by atoms with Crippen molar-refractivity contribution in [2.24, 2.45) is 0 Å². The van der Waals surface area contributed by atoms with Crippen LogP contribution < -0.4 is 9.46 Å². The standard InChI is InChI=1S/C22H29N3OS/c1-25(2)15-6-16-26-19-10-12-20(13-11-19)27-24-14-5-7-18-17-23-22-9-4-3-8-21(18)22/h3-4,8-13,17,23-24H,5-7,14-16H2,1-2H3. The van der Waals surface area contributed by atoms with E-state index >= 15 is 0 Å². The Kier molecular flexibility index (Phi) is 7.63. The van der Waals surface area contributed by atoms with Crippen molar-refractivity contribution in [1.29, 1.82) is 0 Å². The van der Waals surface area contributed by atoms with E-state index in [9.17, 15) is 0 Å². The van der Waals surface area contributed by atoms with Gasteiger partial charge >= 0.3 is 0 Å². The molecule has 0 bridgehead atoms. The highest BCUT2D eigenvalue weighted by Gasteiger charge is 2.02. The van der Waals surface area contributed by atoms with Gasteiger partial charge < -0.3 is 14.6 Å². The van der Waals surface area contributed by atoms with Crippen LogP contribution in [0.1, 0.15) is 18.4 Å². The van der Waals surface area contributed by atoms with Gasteiger partial charge in [-0.1, -0.05) is 18.2 Å². The van der Waals surface area contributed by atoms with Crippen LogP contribution in [0.2, 0.25) is 0 Å². The minimum absolute atomic E-state index is 0.761. The van der Waals surface area contributed by atoms with Crippen molar-refractivity contribution in [3.63, 3.8) is 0 Å². The van der Waals surface area contributed by atoms with Gasteiger partial charge in [-0.25, -0.2) is 0 Å². The molecule has 0 spiro atoms. The number of aryl methyl sites for hydroxylation is 1. The largest absolute Gasteiger partial charge is 0.494 e. The quantitative estimate of drug-likeness (QED) is 0.371. The summed E-state index contributed by atoms with van der Waals surface area (Å²) in [6.07, 6.45) is 5.37. The second-order valence-corrected chi connectivity index (χ2v) is 7.90. The number of hydrogen-bond donors (Lipinski definition) is 2. The van der Waals surface area contributed by atoms with E-state index in [-0.39, 0.29) is 0 Å². The van der Waals surface area contributed by atoms with Crippen LogP contribution in [0.4, 0.5) is 0 Å². The van der Waals surface area contributed by atoms with Crippen LogP contribution in [0.15, 0.2) is 59.6 Å². The monoisotopic (exact) mass is 383 g/mol. The molecule has 1 heterocycles. The normalized spacial score (nSPS) is 11.4. The SMILES string of the molecule is CN(C)CCCOc1ccc(SNCCCc2c[nH]c3ccccc23)cc1. The molecule has 3 rings (SSSR count). The number of rotatable bonds is 11. The third kappa shape index (κ3) is 6.31. The molecule has 5 heteroatoms. The molecule has 3 aromatic rings. The van der Waals surface area contributed by atoms with Gasteiger partial charge in [0, 0.05) is 35.1 Å². The summed E-state index contributed by atoms with van der Waals surface area (Å²) in [6, 6.07) is 16.8. The maximum atomic E-state index is 5.77. The Morgan fingerprint density at radius 3 is 2.67 bits per heavy atom. The molecule has 0 aliphatic rings. The van der Waals surface area contributed by atoms with Gasteiger partial charge in [-0.3, -0.25) is 4.72 Å². The number of fused-ring (bicyclic) bond motifs is 1. The summed E-state index contributed by atoms with van der Waals surface area (Å²) in [7, 11) is 4.17. The van der Waals surface area contributed by atoms with Crippen molar-refractivity contribution in [1.82, 2.24) is 14.6 Å². The zero-order chi connectivity index (χ0) is 18.9. The summed E-state index contributed by atoms with van der Waals surface area (Å²) >= 11 is 1.68. The van der Waals surface area contributed by atoms with Gasteiger partial charge in [0.05, 0.1) is 6.61 Å². The number of benzene rings is 2. The third-order valence-corrected chi connectivity index (χ3v) is 5.29. The fourth-order valence-electron chi connectivity index (χ4n) is 3.00. The minimum Gasteiger partial charge on any atom is -0.494 e. The summed E-state index contributed by atoms with van der Waals surface area (Å²) in [5, 5.41) is 1.34. The lowest BCUT2D eigenvalue weighted by molar-refractivity contribution is 0.281. The highest BCUT2D eigenvalue weighted by molar-refractivity contribution is 7.97. The van der Waals surface area contributed by atoms with Crippen molar-refractivity contribution >= 4 is 22.9 Å². The lowest BCUT2D eigenvalue weighted by atomic mass is 10.1. The highest BCUT2D eigenvalue weighted by atomic mass is 32.2. The summed E-state index contributed by atoms with van der Waals surface area (Å²) < 4.78 is 9.23. The molecule has 4 nitrogen and oxygen atoms in total. The van der Waals surface area contributed by atoms with E-state index in [4.69, 9.17) is 4.74 Å². The molecule has 0 fully saturated rings. The van der Waals surface area contributed by atoms with Gasteiger partial charge in [0.1, 0.15) is 5.75 Å². The Hall–Kier alpha value is -1.95. The number of ether oxygens (including phenoxy) is 1. The van der Waals surface area contributed by atoms with Crippen molar-refractivity contribution < 1.29 is 4.74 Å². The maximum Gasteiger partial charge on any atom is 0.119 e. The highest BCUT2D eigenvalue weighted by Crippen LogP contribution is 2.21. The maximum absolute atomic E-state index is 5.77. The molecule has 1 aromatic heterocycles. The van der Waals surface area contributed by atoms with Crippen molar-refractivity contribution in [3.8, 4) is 5.75 Å². The third-order valence-electron chi connectivity index (χ3n) is 4.43. The van der Waals surface area contributed by atoms with Gasteiger partial charge in [0.25, 0.3) is 0 Å². The van der Waals surface area contributed by atoms with Gasteiger partial charge in [-0.2, -0.15) is 0 Å². The summed E-state index contributed by atoms with van der Waals surface area (Å²) in [5.41, 5.74) is 2.62. The molecule has 2 aromatic carbocycles. The summed E-state index contributed by atoms with van der Waals surface area (Å²) in [6.45, 7) is 2.79. The van der Waals surface area contributed by atoms with Crippen LogP contribution in [0.5, 0.6) is 5.75 Å². The summed E-state index contributed by atoms with van der Waals surface area (Å²) in [5.74, 6) is 0.942. The first-order valence-corrected chi connectivity index (χ1v) is 10.4. The van der Waals surface area contributed by atoms with Gasteiger partial charge in [-0.15, -0.1) is 0 Å². The molecule has 0 aliphatic heterocycles. The van der Waals surface area contributed by atoms with Crippen LogP contribution >= 0.6 is 11.9 Å². The number of nitrogens with one attached hydrogen (secondary N) is 2. The Labute approximate surface area is 166 Å². The molecule has 0 amide bonds. The number of para-hydroxylation sites is 1. The molecule has 144 valence electrons. The molecule has 0 atom stereocenters. The Bertz CT molecular complexity index is 814. The van der Waals surface area contributed by atoms with Crippen molar-refractivity contribution in [3.05, 3.63) is 60.3 Å². The Morgan fingerprint density at radius 1 is 1.04 bits per heavy atom. The molecular weight excluding hydrogens is 354 g/mol. The minimum atomic E-state index is 0.761. The number of aromatic amines is 1. The lowest BCUT2D eigenvalue weighted by Gasteiger charge is -2.10. The average molecular weight is 384 g/mol.